The second kappa shape index (κ2) is 6.66. The number of nitro groups is 1. The molecular formula is C20H14FN3O4. The van der Waals surface area contributed by atoms with Crippen LogP contribution in [0.1, 0.15) is 5.56 Å². The summed E-state index contributed by atoms with van der Waals surface area (Å²) >= 11 is 0. The number of anilines is 1. The average Bonchev–Trinajstić information content (AvgIpc) is 2.67. The number of fused-ring (bicyclic) bond motifs is 2. The topological polar surface area (TPSA) is 108 Å². The largest absolute Gasteiger partial charge is 0.508 e. The van der Waals surface area contributed by atoms with Gasteiger partial charge in [-0.1, -0.05) is 12.1 Å². The van der Waals surface area contributed by atoms with Gasteiger partial charge in [-0.2, -0.15) is 0 Å². The minimum Gasteiger partial charge on any atom is -0.508 e. The molecule has 0 unspecified atom stereocenters. The Hall–Kier alpha value is -3.94. The molecule has 0 spiro atoms. The van der Waals surface area contributed by atoms with Crippen molar-refractivity contribution in [3.8, 4) is 5.75 Å². The molecule has 0 amide bonds. The number of nitro benzene ring substituents is 1. The summed E-state index contributed by atoms with van der Waals surface area (Å²) in [6.45, 7) is 0.327. The number of hydrogen-bond acceptors (Lipinski definition) is 5. The quantitative estimate of drug-likeness (QED) is 0.282. The van der Waals surface area contributed by atoms with Crippen LogP contribution in [0.15, 0.2) is 59.4 Å². The first-order chi connectivity index (χ1) is 13.4. The van der Waals surface area contributed by atoms with E-state index in [1.807, 2.05) is 0 Å². The van der Waals surface area contributed by atoms with Crippen molar-refractivity contribution in [1.82, 2.24) is 4.98 Å². The third-order valence-corrected chi connectivity index (χ3v) is 4.51. The minimum atomic E-state index is -0.572. The molecule has 4 rings (SSSR count). The number of phenolic OH excluding ortho intramolecular Hbond substituents is 1. The van der Waals surface area contributed by atoms with Crippen LogP contribution in [0, 0.1) is 15.9 Å². The second-order valence-corrected chi connectivity index (χ2v) is 6.30. The van der Waals surface area contributed by atoms with Gasteiger partial charge in [-0.25, -0.2) is 4.39 Å². The lowest BCUT2D eigenvalue weighted by molar-refractivity contribution is -0.383. The number of nitrogens with one attached hydrogen (secondary N) is 2. The molecule has 0 saturated heterocycles. The molecule has 0 aliphatic carbocycles. The molecule has 0 bridgehead atoms. The van der Waals surface area contributed by atoms with Crippen molar-refractivity contribution in [2.24, 2.45) is 0 Å². The fraction of sp³-hybridized carbons (Fsp3) is 0.0500. The maximum absolute atomic E-state index is 13.6. The van der Waals surface area contributed by atoms with Gasteiger partial charge in [0.05, 0.1) is 15.8 Å². The molecule has 0 aliphatic heterocycles. The lowest BCUT2D eigenvalue weighted by Crippen LogP contribution is -2.10. The van der Waals surface area contributed by atoms with Crippen LogP contribution >= 0.6 is 0 Å². The summed E-state index contributed by atoms with van der Waals surface area (Å²) in [7, 11) is 0. The highest BCUT2D eigenvalue weighted by molar-refractivity contribution is 6.03. The van der Waals surface area contributed by atoms with E-state index in [1.165, 1.54) is 36.4 Å². The molecule has 0 fully saturated rings. The second-order valence-electron chi connectivity index (χ2n) is 6.30. The summed E-state index contributed by atoms with van der Waals surface area (Å²) in [6.07, 6.45) is 0. The Labute approximate surface area is 157 Å². The summed E-state index contributed by atoms with van der Waals surface area (Å²) in [4.78, 5) is 26.7. The van der Waals surface area contributed by atoms with E-state index in [2.05, 4.69) is 10.3 Å². The lowest BCUT2D eigenvalue weighted by atomic mass is 10.1. The molecule has 0 atom stereocenters. The highest BCUT2D eigenvalue weighted by atomic mass is 19.1. The number of halogens is 1. The van der Waals surface area contributed by atoms with Crippen molar-refractivity contribution in [3.63, 3.8) is 0 Å². The zero-order valence-electron chi connectivity index (χ0n) is 14.4. The van der Waals surface area contributed by atoms with Crippen molar-refractivity contribution < 1.29 is 14.4 Å². The molecule has 8 heteroatoms. The molecule has 1 heterocycles. The maximum Gasteiger partial charge on any atom is 0.293 e. The van der Waals surface area contributed by atoms with Crippen LogP contribution in [0.5, 0.6) is 5.75 Å². The van der Waals surface area contributed by atoms with Gasteiger partial charge in [0.2, 0.25) is 0 Å². The van der Waals surface area contributed by atoms with Crippen molar-refractivity contribution in [2.45, 2.75) is 6.54 Å². The van der Waals surface area contributed by atoms with Gasteiger partial charge in [0.1, 0.15) is 17.1 Å². The molecule has 0 radical (unpaired) electrons. The Morgan fingerprint density at radius 1 is 1.11 bits per heavy atom. The zero-order chi connectivity index (χ0) is 19.8. The summed E-state index contributed by atoms with van der Waals surface area (Å²) < 4.78 is 13.6. The van der Waals surface area contributed by atoms with E-state index < -0.39 is 16.2 Å². The van der Waals surface area contributed by atoms with Gasteiger partial charge < -0.3 is 15.4 Å². The summed E-state index contributed by atoms with van der Waals surface area (Å²) in [5, 5.41) is 24.1. The van der Waals surface area contributed by atoms with E-state index in [0.29, 0.717) is 17.7 Å². The number of H-pyrrole nitrogens is 1. The first-order valence-electron chi connectivity index (χ1n) is 8.38. The molecule has 1 aromatic heterocycles. The number of aromatic amines is 1. The van der Waals surface area contributed by atoms with Crippen LogP contribution in [0.2, 0.25) is 0 Å². The van der Waals surface area contributed by atoms with Crippen LogP contribution in [0.4, 0.5) is 15.8 Å². The number of nitrogens with zero attached hydrogens (tertiary/aromatic N) is 1. The zero-order valence-corrected chi connectivity index (χ0v) is 14.4. The summed E-state index contributed by atoms with van der Waals surface area (Å²) in [5.74, 6) is -0.434. The molecule has 28 heavy (non-hydrogen) atoms. The van der Waals surface area contributed by atoms with Crippen molar-refractivity contribution in [3.05, 3.63) is 86.3 Å². The minimum absolute atomic E-state index is 0.0739. The van der Waals surface area contributed by atoms with Crippen LogP contribution in [-0.2, 0) is 6.54 Å². The highest BCUT2D eigenvalue weighted by Crippen LogP contribution is 2.30. The van der Waals surface area contributed by atoms with Crippen molar-refractivity contribution in [1.29, 1.82) is 0 Å². The smallest absolute Gasteiger partial charge is 0.293 e. The van der Waals surface area contributed by atoms with E-state index in [-0.39, 0.29) is 27.7 Å². The Morgan fingerprint density at radius 3 is 2.57 bits per heavy atom. The van der Waals surface area contributed by atoms with Crippen LogP contribution in [0.25, 0.3) is 21.8 Å². The molecule has 140 valence electrons. The van der Waals surface area contributed by atoms with Gasteiger partial charge >= 0.3 is 0 Å². The SMILES string of the molecule is O=c1c2cc(F)ccc2[nH]c2c([N+](=O)[O-])ccc(NCc3ccc(O)cc3)c12. The molecule has 0 aliphatic rings. The standard InChI is InChI=1S/C20H14FN3O4/c21-12-3-6-15-14(9-12)20(26)18-16(7-8-17(24(27)28)19(18)23-15)22-10-11-1-4-13(25)5-2-11/h1-9,22,25H,10H2,(H,23,26). The Bertz CT molecular complexity index is 1280. The van der Waals surface area contributed by atoms with Gasteiger partial charge in [0.15, 0.2) is 5.43 Å². The lowest BCUT2D eigenvalue weighted by Gasteiger charge is -2.11. The monoisotopic (exact) mass is 379 g/mol. The third-order valence-electron chi connectivity index (χ3n) is 4.51. The molecule has 4 aromatic rings. The first-order valence-corrected chi connectivity index (χ1v) is 8.38. The van der Waals surface area contributed by atoms with Gasteiger partial charge in [0.25, 0.3) is 5.69 Å². The first kappa shape index (κ1) is 17.5. The summed E-state index contributed by atoms with van der Waals surface area (Å²) in [5.41, 5.74) is 0.879. The van der Waals surface area contributed by atoms with Crippen LogP contribution in [-0.4, -0.2) is 15.0 Å². The Kier molecular flexibility index (Phi) is 4.15. The predicted octanol–water partition coefficient (Wildman–Crippen LogP) is 4.05. The fourth-order valence-corrected chi connectivity index (χ4v) is 3.15. The van der Waals surface area contributed by atoms with Crippen molar-refractivity contribution >= 4 is 33.2 Å². The Morgan fingerprint density at radius 2 is 1.86 bits per heavy atom. The van der Waals surface area contributed by atoms with Gasteiger partial charge in [0, 0.05) is 23.7 Å². The number of pyridine rings is 1. The van der Waals surface area contributed by atoms with Crippen LogP contribution in [0.3, 0.4) is 0 Å². The van der Waals surface area contributed by atoms with Gasteiger partial charge in [-0.15, -0.1) is 0 Å². The third kappa shape index (κ3) is 3.01. The molecule has 0 saturated carbocycles. The Balaban J connectivity index is 1.90. The van der Waals surface area contributed by atoms with Crippen molar-refractivity contribution in [2.75, 3.05) is 5.32 Å². The number of non-ortho nitro benzene ring substituents is 1. The normalized spacial score (nSPS) is 11.0. The molecule has 3 aromatic carbocycles. The van der Waals surface area contributed by atoms with E-state index >= 15 is 0 Å². The average molecular weight is 379 g/mol. The number of benzene rings is 3. The predicted molar refractivity (Wildman–Crippen MR) is 104 cm³/mol. The number of phenols is 1. The number of hydrogen-bond donors (Lipinski definition) is 3. The van der Waals surface area contributed by atoms with Gasteiger partial charge in [-0.3, -0.25) is 14.9 Å². The van der Waals surface area contributed by atoms with Crippen LogP contribution < -0.4 is 10.7 Å². The van der Waals surface area contributed by atoms with E-state index in [9.17, 15) is 24.4 Å². The fourth-order valence-electron chi connectivity index (χ4n) is 3.15. The number of aromatic nitrogens is 1. The molecule has 3 N–H and O–H groups in total. The van der Waals surface area contributed by atoms with E-state index in [1.54, 1.807) is 12.1 Å². The molecule has 7 nitrogen and oxygen atoms in total. The summed E-state index contributed by atoms with van der Waals surface area (Å²) in [6, 6.07) is 12.9. The highest BCUT2D eigenvalue weighted by Gasteiger charge is 2.19. The van der Waals surface area contributed by atoms with E-state index in [0.717, 1.165) is 11.6 Å². The van der Waals surface area contributed by atoms with E-state index in [4.69, 9.17) is 0 Å². The maximum atomic E-state index is 13.6. The number of rotatable bonds is 4. The molecular weight excluding hydrogens is 365 g/mol. The van der Waals surface area contributed by atoms with Gasteiger partial charge in [-0.05, 0) is 42.0 Å². The number of aromatic hydroxyl groups is 1.